The van der Waals surface area contributed by atoms with Crippen LogP contribution >= 0.6 is 0 Å². The van der Waals surface area contributed by atoms with Crippen molar-refractivity contribution in [1.82, 2.24) is 5.32 Å². The summed E-state index contributed by atoms with van der Waals surface area (Å²) in [5.41, 5.74) is 2.00. The lowest BCUT2D eigenvalue weighted by molar-refractivity contribution is -0.156. The second-order valence-corrected chi connectivity index (χ2v) is 5.97. The lowest BCUT2D eigenvalue weighted by Gasteiger charge is -2.60. The lowest BCUT2D eigenvalue weighted by Crippen LogP contribution is -2.64. The van der Waals surface area contributed by atoms with Crippen LogP contribution in [0.15, 0.2) is 24.3 Å². The Hall–Kier alpha value is -1.06. The first-order chi connectivity index (χ1) is 9.26. The van der Waals surface area contributed by atoms with E-state index in [0.29, 0.717) is 5.41 Å². The Morgan fingerprint density at radius 1 is 1.21 bits per heavy atom. The third-order valence-corrected chi connectivity index (χ3v) is 5.18. The van der Waals surface area contributed by atoms with Crippen molar-refractivity contribution in [2.45, 2.75) is 24.7 Å². The van der Waals surface area contributed by atoms with Gasteiger partial charge in [0.25, 0.3) is 0 Å². The highest BCUT2D eigenvalue weighted by Crippen LogP contribution is 2.58. The van der Waals surface area contributed by atoms with Gasteiger partial charge in [-0.15, -0.1) is 0 Å². The molecule has 3 rings (SSSR count). The molecule has 1 aromatic carbocycles. The van der Waals surface area contributed by atoms with Crippen molar-refractivity contribution in [2.75, 3.05) is 33.9 Å². The molecule has 19 heavy (non-hydrogen) atoms. The van der Waals surface area contributed by atoms with Crippen LogP contribution in [-0.4, -0.2) is 33.9 Å². The normalized spacial score (nSPS) is 23.3. The van der Waals surface area contributed by atoms with E-state index in [1.54, 1.807) is 7.11 Å². The minimum absolute atomic E-state index is 0.209. The van der Waals surface area contributed by atoms with E-state index in [-0.39, 0.29) is 5.41 Å². The Morgan fingerprint density at radius 3 is 2.26 bits per heavy atom. The molecular weight excluding hydrogens is 238 g/mol. The summed E-state index contributed by atoms with van der Waals surface area (Å²) in [6.07, 6.45) is 3.96. The molecule has 3 heteroatoms. The summed E-state index contributed by atoms with van der Waals surface area (Å²) in [6, 6.07) is 8.58. The smallest absolute Gasteiger partial charge is 0.118 e. The quantitative estimate of drug-likeness (QED) is 0.882. The van der Waals surface area contributed by atoms with E-state index >= 15 is 0 Å². The topological polar surface area (TPSA) is 30.5 Å². The van der Waals surface area contributed by atoms with Gasteiger partial charge in [-0.05, 0) is 43.0 Å². The van der Waals surface area contributed by atoms with Gasteiger partial charge in [-0.25, -0.2) is 0 Å². The van der Waals surface area contributed by atoms with Crippen LogP contribution in [0.2, 0.25) is 0 Å². The summed E-state index contributed by atoms with van der Waals surface area (Å²) in [5.74, 6) is 0.926. The highest BCUT2D eigenvalue weighted by Gasteiger charge is 2.59. The largest absolute Gasteiger partial charge is 0.497 e. The van der Waals surface area contributed by atoms with Gasteiger partial charge in [-0.3, -0.25) is 0 Å². The summed E-state index contributed by atoms with van der Waals surface area (Å²) in [6.45, 7) is 2.81. The van der Waals surface area contributed by atoms with Crippen LogP contribution in [0.3, 0.4) is 0 Å². The van der Waals surface area contributed by atoms with Gasteiger partial charge >= 0.3 is 0 Å². The molecule has 0 bridgehead atoms. The van der Waals surface area contributed by atoms with Crippen LogP contribution in [0.5, 0.6) is 5.75 Å². The van der Waals surface area contributed by atoms with Crippen molar-refractivity contribution in [3.8, 4) is 5.75 Å². The van der Waals surface area contributed by atoms with Gasteiger partial charge < -0.3 is 14.8 Å². The van der Waals surface area contributed by atoms with E-state index in [4.69, 9.17) is 9.47 Å². The number of hydrogen-bond donors (Lipinski definition) is 1. The number of rotatable bonds is 5. The zero-order chi connectivity index (χ0) is 13.3. The molecule has 1 N–H and O–H groups in total. The molecule has 0 atom stereocenters. The molecule has 1 saturated carbocycles. The number of ether oxygens (including phenoxy) is 2. The number of methoxy groups -OCH3 is 1. The van der Waals surface area contributed by atoms with Crippen molar-refractivity contribution in [3.63, 3.8) is 0 Å². The lowest BCUT2D eigenvalue weighted by atomic mass is 9.49. The predicted octanol–water partition coefficient (Wildman–Crippen LogP) is 2.35. The monoisotopic (exact) mass is 261 g/mol. The second kappa shape index (κ2) is 4.80. The molecule has 0 unspecified atom stereocenters. The summed E-state index contributed by atoms with van der Waals surface area (Å²) in [5, 5.41) is 3.40. The van der Waals surface area contributed by atoms with E-state index < -0.39 is 0 Å². The summed E-state index contributed by atoms with van der Waals surface area (Å²) in [7, 11) is 3.77. The molecular formula is C16H23NO2. The zero-order valence-corrected chi connectivity index (χ0v) is 11.9. The van der Waals surface area contributed by atoms with E-state index in [2.05, 4.69) is 36.6 Å². The molecule has 0 amide bonds. The first-order valence-corrected chi connectivity index (χ1v) is 7.13. The molecule has 3 nitrogen and oxygen atoms in total. The molecule has 1 aliphatic carbocycles. The molecule has 1 heterocycles. The Kier molecular flexibility index (Phi) is 3.27. The van der Waals surface area contributed by atoms with Crippen LogP contribution in [0.25, 0.3) is 0 Å². The average molecular weight is 261 g/mol. The Morgan fingerprint density at radius 2 is 1.89 bits per heavy atom. The molecule has 0 aromatic heterocycles. The summed E-state index contributed by atoms with van der Waals surface area (Å²) < 4.78 is 10.9. The van der Waals surface area contributed by atoms with Gasteiger partial charge in [-0.2, -0.15) is 0 Å². The van der Waals surface area contributed by atoms with Crippen LogP contribution in [0, 0.1) is 5.41 Å². The standard InChI is InChI=1S/C16H23NO2/c1-17-10-15(8-3-9-15)16(11-19-12-16)13-4-6-14(18-2)7-5-13/h4-7,17H,3,8-12H2,1-2H3. The molecule has 0 radical (unpaired) electrons. The Bertz CT molecular complexity index is 433. The fraction of sp³-hybridized carbons (Fsp3) is 0.625. The molecule has 0 spiro atoms. The van der Waals surface area contributed by atoms with Crippen molar-refractivity contribution in [1.29, 1.82) is 0 Å². The highest BCUT2D eigenvalue weighted by molar-refractivity contribution is 5.37. The van der Waals surface area contributed by atoms with Crippen molar-refractivity contribution in [3.05, 3.63) is 29.8 Å². The third-order valence-electron chi connectivity index (χ3n) is 5.18. The SMILES string of the molecule is CNCC1(C2(c3ccc(OC)cc3)COC2)CCC1. The maximum Gasteiger partial charge on any atom is 0.118 e. The fourth-order valence-electron chi connectivity index (χ4n) is 3.76. The molecule has 1 aliphatic heterocycles. The van der Waals surface area contributed by atoms with E-state index in [1.165, 1.54) is 24.8 Å². The third kappa shape index (κ3) is 1.79. The first kappa shape index (κ1) is 12.9. The minimum atomic E-state index is 0.209. The van der Waals surface area contributed by atoms with E-state index in [1.807, 2.05) is 0 Å². The first-order valence-electron chi connectivity index (χ1n) is 7.13. The van der Waals surface area contributed by atoms with Gasteiger partial charge in [-0.1, -0.05) is 18.6 Å². The van der Waals surface area contributed by atoms with Crippen LogP contribution < -0.4 is 10.1 Å². The van der Waals surface area contributed by atoms with Crippen molar-refractivity contribution in [2.24, 2.45) is 5.41 Å². The Labute approximate surface area is 115 Å². The van der Waals surface area contributed by atoms with E-state index in [0.717, 1.165) is 25.5 Å². The van der Waals surface area contributed by atoms with Gasteiger partial charge in [0.1, 0.15) is 5.75 Å². The van der Waals surface area contributed by atoms with Gasteiger partial charge in [0.15, 0.2) is 0 Å². The van der Waals surface area contributed by atoms with Gasteiger partial charge in [0, 0.05) is 12.0 Å². The van der Waals surface area contributed by atoms with Crippen LogP contribution in [0.1, 0.15) is 24.8 Å². The zero-order valence-electron chi connectivity index (χ0n) is 11.9. The van der Waals surface area contributed by atoms with Gasteiger partial charge in [0.2, 0.25) is 0 Å². The molecule has 104 valence electrons. The summed E-state index contributed by atoms with van der Waals surface area (Å²) in [4.78, 5) is 0. The predicted molar refractivity (Wildman–Crippen MR) is 75.7 cm³/mol. The molecule has 2 fully saturated rings. The summed E-state index contributed by atoms with van der Waals surface area (Å²) >= 11 is 0. The Balaban J connectivity index is 1.93. The van der Waals surface area contributed by atoms with E-state index in [9.17, 15) is 0 Å². The highest BCUT2D eigenvalue weighted by atomic mass is 16.5. The van der Waals surface area contributed by atoms with Crippen molar-refractivity contribution >= 4 is 0 Å². The number of hydrogen-bond acceptors (Lipinski definition) is 3. The van der Waals surface area contributed by atoms with Gasteiger partial charge in [0.05, 0.1) is 20.3 Å². The number of nitrogens with one attached hydrogen (secondary N) is 1. The van der Waals surface area contributed by atoms with Crippen LogP contribution in [-0.2, 0) is 10.2 Å². The van der Waals surface area contributed by atoms with Crippen molar-refractivity contribution < 1.29 is 9.47 Å². The molecule has 2 aliphatic rings. The van der Waals surface area contributed by atoms with Crippen LogP contribution in [0.4, 0.5) is 0 Å². The average Bonchev–Trinajstić information content (AvgIpc) is 2.35. The molecule has 1 aromatic rings. The number of benzene rings is 1. The molecule has 1 saturated heterocycles. The maximum absolute atomic E-state index is 5.62. The minimum Gasteiger partial charge on any atom is -0.497 e. The fourth-order valence-corrected chi connectivity index (χ4v) is 3.76. The maximum atomic E-state index is 5.62. The second-order valence-electron chi connectivity index (χ2n) is 5.97.